The van der Waals surface area contributed by atoms with Gasteiger partial charge >= 0.3 is 7.12 Å². The lowest BCUT2D eigenvalue weighted by atomic mass is 9.86. The van der Waals surface area contributed by atoms with E-state index in [2.05, 4.69) is 9.97 Å². The molecule has 0 aliphatic carbocycles. The Labute approximate surface area is 129 Å². The second-order valence-corrected chi connectivity index (χ2v) is 6.39. The van der Waals surface area contributed by atoms with Gasteiger partial charge in [0.05, 0.1) is 22.2 Å². The molecule has 1 aromatic carbocycles. The highest BCUT2D eigenvalue weighted by Crippen LogP contribution is 2.39. The topological polar surface area (TPSA) is 44.2 Å². The number of benzene rings is 1. The predicted molar refractivity (Wildman–Crippen MR) is 84.7 cm³/mol. The normalized spacial score (nSPS) is 20.6. The largest absolute Gasteiger partial charge is 0.525 e. The molecule has 6 heteroatoms. The van der Waals surface area contributed by atoms with Crippen molar-refractivity contribution in [2.75, 3.05) is 0 Å². The Morgan fingerprint density at radius 1 is 1.09 bits per heavy atom. The summed E-state index contributed by atoms with van der Waals surface area (Å²) >= 11 is 0. The van der Waals surface area contributed by atoms with Crippen LogP contribution in [0, 0.1) is 0 Å². The SMILES string of the molecule is CC1(C)OB(C(F)=Cc2cccc3nccnc23)OC1(C)C. The number of nitrogens with zero attached hydrogens (tertiary/aromatic N) is 2. The molecule has 1 fully saturated rings. The summed E-state index contributed by atoms with van der Waals surface area (Å²) in [6.07, 6.45) is 4.60. The first kappa shape index (κ1) is 15.1. The van der Waals surface area contributed by atoms with E-state index < -0.39 is 24.0 Å². The zero-order valence-electron chi connectivity index (χ0n) is 13.1. The second-order valence-electron chi connectivity index (χ2n) is 6.39. The zero-order chi connectivity index (χ0) is 16.0. The summed E-state index contributed by atoms with van der Waals surface area (Å²) in [6, 6.07) is 5.45. The van der Waals surface area contributed by atoms with Crippen LogP contribution in [0.3, 0.4) is 0 Å². The Balaban J connectivity index is 1.95. The van der Waals surface area contributed by atoms with Crippen molar-refractivity contribution in [3.63, 3.8) is 0 Å². The lowest BCUT2D eigenvalue weighted by Crippen LogP contribution is -2.41. The van der Waals surface area contributed by atoms with E-state index in [1.165, 1.54) is 6.08 Å². The van der Waals surface area contributed by atoms with Gasteiger partial charge in [0, 0.05) is 18.0 Å². The Kier molecular flexibility index (Phi) is 3.53. The first-order valence-corrected chi connectivity index (χ1v) is 7.23. The van der Waals surface area contributed by atoms with Gasteiger partial charge in [-0.3, -0.25) is 9.97 Å². The number of halogens is 1. The van der Waals surface area contributed by atoms with Gasteiger partial charge in [-0.2, -0.15) is 0 Å². The van der Waals surface area contributed by atoms with Crippen molar-refractivity contribution in [1.29, 1.82) is 0 Å². The van der Waals surface area contributed by atoms with Crippen LogP contribution >= 0.6 is 0 Å². The number of aromatic nitrogens is 2. The average molecular weight is 300 g/mol. The van der Waals surface area contributed by atoms with Gasteiger partial charge in [0.1, 0.15) is 5.73 Å². The number of hydrogen-bond donors (Lipinski definition) is 0. The summed E-state index contributed by atoms with van der Waals surface area (Å²) < 4.78 is 26.0. The van der Waals surface area contributed by atoms with E-state index >= 15 is 0 Å². The maximum absolute atomic E-state index is 14.6. The molecule has 4 nitrogen and oxygen atoms in total. The molecule has 22 heavy (non-hydrogen) atoms. The molecule has 0 atom stereocenters. The van der Waals surface area contributed by atoms with Crippen molar-refractivity contribution in [2.45, 2.75) is 38.9 Å². The quantitative estimate of drug-likeness (QED) is 0.795. The van der Waals surface area contributed by atoms with E-state index in [0.29, 0.717) is 11.1 Å². The van der Waals surface area contributed by atoms with Crippen molar-refractivity contribution >= 4 is 24.2 Å². The van der Waals surface area contributed by atoms with Gasteiger partial charge in [-0.1, -0.05) is 12.1 Å². The van der Waals surface area contributed by atoms with E-state index in [1.807, 2.05) is 39.8 Å². The van der Waals surface area contributed by atoms with Gasteiger partial charge in [-0.15, -0.1) is 0 Å². The number of fused-ring (bicyclic) bond motifs is 1. The number of para-hydroxylation sites is 1. The maximum atomic E-state index is 14.6. The van der Waals surface area contributed by atoms with Crippen LogP contribution in [0.5, 0.6) is 0 Å². The molecule has 0 bridgehead atoms. The molecule has 1 aromatic heterocycles. The third-order valence-electron chi connectivity index (χ3n) is 4.30. The van der Waals surface area contributed by atoms with Gasteiger partial charge in [0.15, 0.2) is 0 Å². The van der Waals surface area contributed by atoms with E-state index in [0.717, 1.165) is 5.52 Å². The van der Waals surface area contributed by atoms with Crippen LogP contribution in [-0.4, -0.2) is 28.3 Å². The fourth-order valence-corrected chi connectivity index (χ4v) is 2.30. The van der Waals surface area contributed by atoms with Crippen LogP contribution in [0.4, 0.5) is 4.39 Å². The van der Waals surface area contributed by atoms with Gasteiger partial charge in [-0.05, 0) is 39.8 Å². The lowest BCUT2D eigenvalue weighted by molar-refractivity contribution is 0.00578. The molecular weight excluding hydrogens is 282 g/mol. The number of hydrogen-bond acceptors (Lipinski definition) is 4. The highest BCUT2D eigenvalue weighted by Gasteiger charge is 2.53. The summed E-state index contributed by atoms with van der Waals surface area (Å²) in [5, 5.41) is 0. The van der Waals surface area contributed by atoms with Crippen molar-refractivity contribution in [2.24, 2.45) is 0 Å². The lowest BCUT2D eigenvalue weighted by Gasteiger charge is -2.32. The smallest absolute Gasteiger partial charge is 0.398 e. The van der Waals surface area contributed by atoms with Crippen molar-refractivity contribution in [1.82, 2.24) is 9.97 Å². The Morgan fingerprint density at radius 3 is 2.41 bits per heavy atom. The molecule has 0 amide bonds. The summed E-state index contributed by atoms with van der Waals surface area (Å²) in [4.78, 5) is 8.48. The van der Waals surface area contributed by atoms with E-state index in [-0.39, 0.29) is 0 Å². The van der Waals surface area contributed by atoms with Crippen LogP contribution in [0.2, 0.25) is 0 Å². The minimum absolute atomic E-state index is 0.475. The number of rotatable bonds is 2. The predicted octanol–water partition coefficient (Wildman–Crippen LogP) is 3.57. The molecule has 2 aromatic rings. The molecule has 1 aliphatic heterocycles. The van der Waals surface area contributed by atoms with Crippen molar-refractivity contribution in [3.05, 3.63) is 41.9 Å². The third kappa shape index (κ3) is 2.53. The van der Waals surface area contributed by atoms with Gasteiger partial charge in [0.2, 0.25) is 0 Å². The molecule has 0 saturated carbocycles. The summed E-state index contributed by atoms with van der Waals surface area (Å²) in [7, 11) is -1.00. The van der Waals surface area contributed by atoms with E-state index in [1.54, 1.807) is 18.5 Å². The minimum Gasteiger partial charge on any atom is -0.398 e. The van der Waals surface area contributed by atoms with Crippen molar-refractivity contribution in [3.8, 4) is 0 Å². The highest BCUT2D eigenvalue weighted by atomic mass is 19.1. The molecule has 2 heterocycles. The van der Waals surface area contributed by atoms with Crippen molar-refractivity contribution < 1.29 is 13.7 Å². The molecule has 3 rings (SSSR count). The molecule has 0 radical (unpaired) electrons. The minimum atomic E-state index is -1.00. The first-order chi connectivity index (χ1) is 10.3. The van der Waals surface area contributed by atoms with Gasteiger partial charge in [0.25, 0.3) is 0 Å². The monoisotopic (exact) mass is 300 g/mol. The molecule has 0 spiro atoms. The average Bonchev–Trinajstić information content (AvgIpc) is 2.68. The summed E-state index contributed by atoms with van der Waals surface area (Å²) in [5.41, 5.74) is 0.410. The molecule has 0 unspecified atom stereocenters. The highest BCUT2D eigenvalue weighted by molar-refractivity contribution is 6.54. The van der Waals surface area contributed by atoms with Crippen LogP contribution in [0.15, 0.2) is 36.3 Å². The Morgan fingerprint density at radius 2 is 1.73 bits per heavy atom. The Bertz CT molecular complexity index is 725. The zero-order valence-corrected chi connectivity index (χ0v) is 13.1. The van der Waals surface area contributed by atoms with Crippen LogP contribution in [0.1, 0.15) is 33.3 Å². The van der Waals surface area contributed by atoms with Gasteiger partial charge in [-0.25, -0.2) is 4.39 Å². The second kappa shape index (κ2) is 5.14. The van der Waals surface area contributed by atoms with E-state index in [9.17, 15) is 4.39 Å². The van der Waals surface area contributed by atoms with Gasteiger partial charge < -0.3 is 9.31 Å². The fraction of sp³-hybridized carbons (Fsp3) is 0.375. The van der Waals surface area contributed by atoms with Crippen LogP contribution < -0.4 is 0 Å². The Hall–Kier alpha value is -1.79. The third-order valence-corrected chi connectivity index (χ3v) is 4.30. The van der Waals surface area contributed by atoms with Crippen LogP contribution in [0.25, 0.3) is 17.1 Å². The molecule has 114 valence electrons. The molecule has 1 saturated heterocycles. The fourth-order valence-electron chi connectivity index (χ4n) is 2.30. The molecule has 0 N–H and O–H groups in total. The summed E-state index contributed by atoms with van der Waals surface area (Å²) in [6.45, 7) is 7.57. The molecular formula is C16H18BFN2O2. The van der Waals surface area contributed by atoms with Crippen LogP contribution in [-0.2, 0) is 9.31 Å². The molecule has 1 aliphatic rings. The van der Waals surface area contributed by atoms with E-state index in [4.69, 9.17) is 9.31 Å². The first-order valence-electron chi connectivity index (χ1n) is 7.23. The standard InChI is InChI=1S/C16H18BFN2O2/c1-15(2)16(3,4)22-17(21-15)13(18)10-11-6-5-7-12-14(11)20-9-8-19-12/h5-10H,1-4H3. The summed E-state index contributed by atoms with van der Waals surface area (Å²) in [5.74, 6) is 0. The maximum Gasteiger partial charge on any atom is 0.525 e.